The van der Waals surface area contributed by atoms with Crippen molar-refractivity contribution in [2.24, 2.45) is 0 Å². The van der Waals surface area contributed by atoms with Crippen LogP contribution in [0, 0.1) is 6.92 Å². The number of hydrogen-bond donors (Lipinski definition) is 2. The lowest BCUT2D eigenvalue weighted by molar-refractivity contribution is -0.159. The second-order valence-electron chi connectivity index (χ2n) is 5.15. The number of benzene rings is 1. The summed E-state index contributed by atoms with van der Waals surface area (Å²) >= 11 is 6.11. The number of hydrogen-bond acceptors (Lipinski definition) is 5. The predicted octanol–water partition coefficient (Wildman–Crippen LogP) is 1.91. The molecule has 0 atom stereocenters. The van der Waals surface area contributed by atoms with Gasteiger partial charge in [0.1, 0.15) is 5.75 Å². The lowest BCUT2D eigenvalue weighted by atomic mass is 10.2. The maximum atomic E-state index is 9.10. The normalized spacial score (nSPS) is 14.4. The van der Waals surface area contributed by atoms with Gasteiger partial charge in [-0.2, -0.15) is 0 Å². The molecule has 0 spiro atoms. The van der Waals surface area contributed by atoms with Gasteiger partial charge in [-0.25, -0.2) is 9.59 Å². The van der Waals surface area contributed by atoms with Crippen LogP contribution < -0.4 is 4.74 Å². The minimum Gasteiger partial charge on any atom is -0.492 e. The van der Waals surface area contributed by atoms with E-state index in [1.165, 1.54) is 0 Å². The van der Waals surface area contributed by atoms with E-state index in [0.717, 1.165) is 50.6 Å². The fourth-order valence-corrected chi connectivity index (χ4v) is 2.36. The Kier molecular flexibility index (Phi) is 9.14. The van der Waals surface area contributed by atoms with E-state index >= 15 is 0 Å². The summed E-state index contributed by atoms with van der Waals surface area (Å²) in [4.78, 5) is 20.6. The standard InChI is InChI=1S/C14H20ClNO2.C2H2O4/c1-12-4-2-5-13(15)14(12)18-9-3-6-16-7-10-17-11-8-16;3-1(4)2(5)6/h2,4-5H,3,6-11H2,1H3;(H,3,4)(H,5,6). The topological polar surface area (TPSA) is 96.3 Å². The highest BCUT2D eigenvalue weighted by Crippen LogP contribution is 2.27. The molecule has 2 N–H and O–H groups in total. The molecule has 1 aliphatic heterocycles. The Morgan fingerprint density at radius 3 is 2.42 bits per heavy atom. The van der Waals surface area contributed by atoms with Crippen LogP contribution in [0.5, 0.6) is 5.75 Å². The van der Waals surface area contributed by atoms with Gasteiger partial charge < -0.3 is 19.7 Å². The van der Waals surface area contributed by atoms with Crippen LogP contribution >= 0.6 is 11.6 Å². The quantitative estimate of drug-likeness (QED) is 0.612. The fraction of sp³-hybridized carbons (Fsp3) is 0.500. The summed E-state index contributed by atoms with van der Waals surface area (Å²) in [5, 5.41) is 15.5. The van der Waals surface area contributed by atoms with Crippen LogP contribution in [0.25, 0.3) is 0 Å². The van der Waals surface area contributed by atoms with E-state index in [4.69, 9.17) is 40.9 Å². The zero-order chi connectivity index (χ0) is 17.9. The van der Waals surface area contributed by atoms with Gasteiger partial charge in [0, 0.05) is 19.6 Å². The molecule has 0 unspecified atom stereocenters. The SMILES string of the molecule is Cc1cccc(Cl)c1OCCCN1CCOCC1.O=C(O)C(=O)O. The molecule has 1 fully saturated rings. The Morgan fingerprint density at radius 2 is 1.88 bits per heavy atom. The average Bonchev–Trinajstić information content (AvgIpc) is 2.55. The van der Waals surface area contributed by atoms with Gasteiger partial charge in [-0.3, -0.25) is 4.90 Å². The van der Waals surface area contributed by atoms with Crippen molar-refractivity contribution in [2.75, 3.05) is 39.5 Å². The number of rotatable bonds is 5. The van der Waals surface area contributed by atoms with Gasteiger partial charge in [-0.05, 0) is 25.0 Å². The smallest absolute Gasteiger partial charge is 0.414 e. The van der Waals surface area contributed by atoms with Gasteiger partial charge >= 0.3 is 11.9 Å². The van der Waals surface area contributed by atoms with Crippen molar-refractivity contribution in [2.45, 2.75) is 13.3 Å². The number of aryl methyl sites for hydroxylation is 1. The number of carboxylic acid groups (broad SMARTS) is 2. The molecular formula is C16H22ClNO6. The second kappa shape index (κ2) is 10.9. The van der Waals surface area contributed by atoms with Crippen LogP contribution in [0.15, 0.2) is 18.2 Å². The van der Waals surface area contributed by atoms with Gasteiger partial charge in [0.15, 0.2) is 0 Å². The van der Waals surface area contributed by atoms with E-state index in [0.29, 0.717) is 11.6 Å². The Bertz CT molecular complexity index is 513. The minimum atomic E-state index is -1.82. The Balaban J connectivity index is 0.000000413. The third-order valence-electron chi connectivity index (χ3n) is 3.32. The van der Waals surface area contributed by atoms with Crippen LogP contribution in [0.2, 0.25) is 5.02 Å². The highest BCUT2D eigenvalue weighted by atomic mass is 35.5. The lowest BCUT2D eigenvalue weighted by Gasteiger charge is -2.26. The van der Waals surface area contributed by atoms with Gasteiger partial charge in [0.2, 0.25) is 0 Å². The summed E-state index contributed by atoms with van der Waals surface area (Å²) in [6, 6.07) is 5.83. The molecule has 7 nitrogen and oxygen atoms in total. The number of para-hydroxylation sites is 1. The monoisotopic (exact) mass is 359 g/mol. The highest BCUT2D eigenvalue weighted by molar-refractivity contribution is 6.32. The number of nitrogens with zero attached hydrogens (tertiary/aromatic N) is 1. The Labute approximate surface area is 145 Å². The molecule has 0 bridgehead atoms. The first-order chi connectivity index (χ1) is 11.4. The molecule has 0 amide bonds. The van der Waals surface area contributed by atoms with Crippen LogP contribution in [0.4, 0.5) is 0 Å². The van der Waals surface area contributed by atoms with Crippen molar-refractivity contribution in [1.29, 1.82) is 0 Å². The van der Waals surface area contributed by atoms with Gasteiger partial charge in [0.05, 0.1) is 24.8 Å². The van der Waals surface area contributed by atoms with Crippen molar-refractivity contribution in [3.63, 3.8) is 0 Å². The minimum absolute atomic E-state index is 0.696. The maximum absolute atomic E-state index is 9.10. The molecule has 0 saturated carbocycles. The summed E-state index contributed by atoms with van der Waals surface area (Å²) in [7, 11) is 0. The number of carbonyl (C=O) groups is 2. The molecule has 8 heteroatoms. The van der Waals surface area contributed by atoms with Crippen LogP contribution in [0.3, 0.4) is 0 Å². The van der Waals surface area contributed by atoms with Crippen molar-refractivity contribution in [3.8, 4) is 5.75 Å². The van der Waals surface area contributed by atoms with Gasteiger partial charge in [-0.1, -0.05) is 23.7 Å². The summed E-state index contributed by atoms with van der Waals surface area (Å²) in [5.74, 6) is -2.83. The molecule has 0 aliphatic carbocycles. The van der Waals surface area contributed by atoms with Crippen molar-refractivity contribution in [1.82, 2.24) is 4.90 Å². The third-order valence-corrected chi connectivity index (χ3v) is 3.61. The molecular weight excluding hydrogens is 338 g/mol. The van der Waals surface area contributed by atoms with E-state index in [-0.39, 0.29) is 0 Å². The Morgan fingerprint density at radius 1 is 1.25 bits per heavy atom. The first kappa shape index (κ1) is 20.2. The zero-order valence-corrected chi connectivity index (χ0v) is 14.3. The zero-order valence-electron chi connectivity index (χ0n) is 13.5. The predicted molar refractivity (Wildman–Crippen MR) is 88.8 cm³/mol. The first-order valence-electron chi connectivity index (χ1n) is 7.56. The summed E-state index contributed by atoms with van der Waals surface area (Å²) < 4.78 is 11.1. The first-order valence-corrected chi connectivity index (χ1v) is 7.94. The van der Waals surface area contributed by atoms with Crippen LogP contribution in [-0.4, -0.2) is 66.5 Å². The number of halogens is 1. The van der Waals surface area contributed by atoms with E-state index in [9.17, 15) is 0 Å². The molecule has 134 valence electrons. The summed E-state index contributed by atoms with van der Waals surface area (Å²) in [6.45, 7) is 7.56. The molecule has 1 aromatic carbocycles. The van der Waals surface area contributed by atoms with Gasteiger partial charge in [0.25, 0.3) is 0 Å². The molecule has 1 aliphatic rings. The maximum Gasteiger partial charge on any atom is 0.414 e. The Hall–Kier alpha value is -1.83. The van der Waals surface area contributed by atoms with Crippen LogP contribution in [-0.2, 0) is 14.3 Å². The largest absolute Gasteiger partial charge is 0.492 e. The van der Waals surface area contributed by atoms with E-state index in [1.807, 2.05) is 25.1 Å². The fourth-order valence-electron chi connectivity index (χ4n) is 2.09. The summed E-state index contributed by atoms with van der Waals surface area (Å²) in [5.41, 5.74) is 1.09. The molecule has 1 heterocycles. The van der Waals surface area contributed by atoms with Crippen molar-refractivity contribution in [3.05, 3.63) is 28.8 Å². The lowest BCUT2D eigenvalue weighted by Crippen LogP contribution is -2.37. The van der Waals surface area contributed by atoms with Crippen LogP contribution in [0.1, 0.15) is 12.0 Å². The van der Waals surface area contributed by atoms with Crippen molar-refractivity contribution >= 4 is 23.5 Å². The van der Waals surface area contributed by atoms with Gasteiger partial charge in [-0.15, -0.1) is 0 Å². The number of carboxylic acids is 2. The van der Waals surface area contributed by atoms with E-state index in [1.54, 1.807) is 0 Å². The average molecular weight is 360 g/mol. The number of ether oxygens (including phenoxy) is 2. The number of morpholine rings is 1. The van der Waals surface area contributed by atoms with E-state index in [2.05, 4.69) is 4.90 Å². The molecule has 1 aromatic rings. The second-order valence-corrected chi connectivity index (χ2v) is 5.56. The molecule has 0 radical (unpaired) electrons. The highest BCUT2D eigenvalue weighted by Gasteiger charge is 2.10. The molecule has 1 saturated heterocycles. The number of aliphatic carboxylic acids is 2. The van der Waals surface area contributed by atoms with Crippen molar-refractivity contribution < 1.29 is 29.3 Å². The van der Waals surface area contributed by atoms with E-state index < -0.39 is 11.9 Å². The molecule has 2 rings (SSSR count). The third kappa shape index (κ3) is 7.63. The molecule has 24 heavy (non-hydrogen) atoms. The molecule has 0 aromatic heterocycles. The summed E-state index contributed by atoms with van der Waals surface area (Å²) in [6.07, 6.45) is 1.02.